The molecule has 7 heteroatoms. The van der Waals surface area contributed by atoms with E-state index < -0.39 is 9.84 Å². The van der Waals surface area contributed by atoms with Gasteiger partial charge in [-0.05, 0) is 66.7 Å². The molecule has 0 radical (unpaired) electrons. The highest BCUT2D eigenvalue weighted by Crippen LogP contribution is 2.48. The third-order valence-corrected chi connectivity index (χ3v) is 6.05. The van der Waals surface area contributed by atoms with E-state index in [2.05, 4.69) is 15.6 Å². The van der Waals surface area contributed by atoms with Crippen molar-refractivity contribution in [1.29, 1.82) is 0 Å². The minimum atomic E-state index is -3.18. The third-order valence-electron chi connectivity index (χ3n) is 5.22. The van der Waals surface area contributed by atoms with Gasteiger partial charge in [-0.25, -0.2) is 12.8 Å². The van der Waals surface area contributed by atoms with E-state index in [0.717, 1.165) is 24.3 Å². The average molecular weight is 382 g/mol. The van der Waals surface area contributed by atoms with Gasteiger partial charge >= 0.3 is 0 Å². The maximum atomic E-state index is 13.6. The summed E-state index contributed by atoms with van der Waals surface area (Å²) < 4.78 is 36.8. The summed E-state index contributed by atoms with van der Waals surface area (Å²) >= 11 is 0. The van der Waals surface area contributed by atoms with Crippen molar-refractivity contribution in [1.82, 2.24) is 10.6 Å². The molecule has 0 unspecified atom stereocenters. The van der Waals surface area contributed by atoms with E-state index in [1.165, 1.54) is 44.1 Å². The fourth-order valence-electron chi connectivity index (χ4n) is 3.56. The topological polar surface area (TPSA) is 70.6 Å². The molecule has 2 aliphatic rings. The quantitative estimate of drug-likeness (QED) is 0.536. The molecule has 0 spiro atoms. The second-order valence-corrected chi connectivity index (χ2v) is 9.77. The van der Waals surface area contributed by atoms with Crippen molar-refractivity contribution in [2.45, 2.75) is 38.0 Å². The lowest BCUT2D eigenvalue weighted by atomic mass is 9.98. The molecule has 2 saturated carbocycles. The fourth-order valence-corrected chi connectivity index (χ4v) is 4.41. The average Bonchev–Trinajstić information content (AvgIpc) is 3.45. The molecule has 1 aromatic carbocycles. The molecule has 0 aliphatic heterocycles. The van der Waals surface area contributed by atoms with E-state index in [9.17, 15) is 12.8 Å². The highest BCUT2D eigenvalue weighted by atomic mass is 32.2. The summed E-state index contributed by atoms with van der Waals surface area (Å²) in [4.78, 5) is 4.24. The number of sulfone groups is 1. The van der Waals surface area contributed by atoms with Crippen LogP contribution in [0.5, 0.6) is 0 Å². The normalized spacial score (nSPS) is 18.2. The Bertz CT molecular complexity index is 759. The number of guanidine groups is 1. The molecule has 0 aromatic heterocycles. The van der Waals surface area contributed by atoms with E-state index >= 15 is 0 Å². The van der Waals surface area contributed by atoms with Crippen LogP contribution in [-0.4, -0.2) is 34.2 Å². The summed E-state index contributed by atoms with van der Waals surface area (Å²) in [6, 6.07) is 4.23. The fraction of sp³-hybridized carbons (Fsp3) is 0.632. The van der Waals surface area contributed by atoms with Crippen LogP contribution in [0.3, 0.4) is 0 Å². The van der Waals surface area contributed by atoms with Crippen molar-refractivity contribution in [3.05, 3.63) is 35.1 Å². The third kappa shape index (κ3) is 5.69. The first kappa shape index (κ1) is 19.1. The summed E-state index contributed by atoms with van der Waals surface area (Å²) in [5.74, 6) is 2.65. The Morgan fingerprint density at radius 3 is 2.38 bits per heavy atom. The number of aliphatic imine (C=N–C) groups is 1. The van der Waals surface area contributed by atoms with Crippen molar-refractivity contribution in [2.75, 3.05) is 19.8 Å². The molecule has 3 rings (SSSR count). The minimum absolute atomic E-state index is 0.0955. The molecular weight excluding hydrogens is 353 g/mol. The van der Waals surface area contributed by atoms with Gasteiger partial charge in [0, 0.05) is 26.4 Å². The van der Waals surface area contributed by atoms with Crippen molar-refractivity contribution in [2.24, 2.45) is 22.7 Å². The SMILES string of the molecule is CN=C(NCc1cc(F)ccc1CS(C)(=O)=O)NCC(C1CC1)C1CC1. The van der Waals surface area contributed by atoms with Gasteiger partial charge in [-0.3, -0.25) is 4.99 Å². The Morgan fingerprint density at radius 1 is 1.19 bits per heavy atom. The van der Waals surface area contributed by atoms with Crippen molar-refractivity contribution >= 4 is 15.8 Å². The van der Waals surface area contributed by atoms with E-state index in [-0.39, 0.29) is 11.6 Å². The molecule has 0 amide bonds. The number of halogens is 1. The van der Waals surface area contributed by atoms with Crippen LogP contribution in [0.25, 0.3) is 0 Å². The second-order valence-electron chi connectivity index (χ2n) is 7.63. The van der Waals surface area contributed by atoms with E-state index in [4.69, 9.17) is 0 Å². The van der Waals surface area contributed by atoms with Crippen LogP contribution in [0.4, 0.5) is 4.39 Å². The number of hydrogen-bond acceptors (Lipinski definition) is 3. The van der Waals surface area contributed by atoms with Gasteiger partial charge in [-0.15, -0.1) is 0 Å². The summed E-state index contributed by atoms with van der Waals surface area (Å²) in [5, 5.41) is 6.58. The summed E-state index contributed by atoms with van der Waals surface area (Å²) in [5.41, 5.74) is 1.25. The predicted molar refractivity (Wildman–Crippen MR) is 102 cm³/mol. The molecule has 144 valence electrons. The molecule has 0 saturated heterocycles. The first-order chi connectivity index (χ1) is 12.4. The largest absolute Gasteiger partial charge is 0.356 e. The first-order valence-electron chi connectivity index (χ1n) is 9.25. The van der Waals surface area contributed by atoms with Gasteiger partial charge in [-0.2, -0.15) is 0 Å². The van der Waals surface area contributed by atoms with Crippen LogP contribution in [0.2, 0.25) is 0 Å². The van der Waals surface area contributed by atoms with Crippen molar-refractivity contribution in [3.8, 4) is 0 Å². The van der Waals surface area contributed by atoms with E-state index in [1.54, 1.807) is 13.1 Å². The molecule has 1 aromatic rings. The molecular formula is C19H28FN3O2S. The van der Waals surface area contributed by atoms with Gasteiger partial charge < -0.3 is 10.6 Å². The number of rotatable bonds is 8. The molecule has 0 atom stereocenters. The number of benzene rings is 1. The molecule has 5 nitrogen and oxygen atoms in total. The first-order valence-corrected chi connectivity index (χ1v) is 11.3. The minimum Gasteiger partial charge on any atom is -0.356 e. The highest BCUT2D eigenvalue weighted by molar-refractivity contribution is 7.89. The van der Waals surface area contributed by atoms with Gasteiger partial charge in [0.2, 0.25) is 0 Å². The maximum absolute atomic E-state index is 13.6. The standard InChI is InChI=1S/C19H28FN3O2S/c1-21-19(23-11-18(13-3-4-13)14-5-6-14)22-10-16-9-17(20)8-7-15(16)12-26(2,24)25/h7-9,13-14,18H,3-6,10-12H2,1-2H3,(H2,21,22,23). The lowest BCUT2D eigenvalue weighted by Gasteiger charge is -2.19. The Hall–Kier alpha value is -1.63. The Balaban J connectivity index is 1.58. The van der Waals surface area contributed by atoms with Crippen molar-refractivity contribution in [3.63, 3.8) is 0 Å². The molecule has 2 fully saturated rings. The molecule has 2 aliphatic carbocycles. The number of hydrogen-bond donors (Lipinski definition) is 2. The summed E-state index contributed by atoms with van der Waals surface area (Å²) in [6.45, 7) is 1.24. The van der Waals surface area contributed by atoms with Crippen LogP contribution >= 0.6 is 0 Å². The van der Waals surface area contributed by atoms with Crippen LogP contribution < -0.4 is 10.6 Å². The molecule has 0 heterocycles. The summed E-state index contributed by atoms with van der Waals surface area (Å²) in [7, 11) is -1.47. The van der Waals surface area contributed by atoms with Gasteiger partial charge in [0.05, 0.1) is 5.75 Å². The number of nitrogens with one attached hydrogen (secondary N) is 2. The van der Waals surface area contributed by atoms with Crippen LogP contribution in [0, 0.1) is 23.6 Å². The Kier molecular flexibility index (Phi) is 5.85. The molecule has 0 bridgehead atoms. The maximum Gasteiger partial charge on any atom is 0.191 e. The van der Waals surface area contributed by atoms with Gasteiger partial charge in [0.1, 0.15) is 5.82 Å². The zero-order valence-corrected chi connectivity index (χ0v) is 16.3. The lowest BCUT2D eigenvalue weighted by Crippen LogP contribution is -2.40. The monoisotopic (exact) mass is 381 g/mol. The lowest BCUT2D eigenvalue weighted by molar-refractivity contribution is 0.400. The smallest absolute Gasteiger partial charge is 0.191 e. The number of nitrogens with zero attached hydrogens (tertiary/aromatic N) is 1. The molecule has 2 N–H and O–H groups in total. The predicted octanol–water partition coefficient (Wildman–Crippen LogP) is 2.47. The zero-order valence-electron chi connectivity index (χ0n) is 15.5. The van der Waals surface area contributed by atoms with E-state index in [1.807, 2.05) is 0 Å². The van der Waals surface area contributed by atoms with Crippen LogP contribution in [-0.2, 0) is 22.1 Å². The van der Waals surface area contributed by atoms with Gasteiger partial charge in [0.15, 0.2) is 15.8 Å². The summed E-state index contributed by atoms with van der Waals surface area (Å²) in [6.07, 6.45) is 6.55. The van der Waals surface area contributed by atoms with Gasteiger partial charge in [0.25, 0.3) is 0 Å². The highest BCUT2D eigenvalue weighted by Gasteiger charge is 2.41. The van der Waals surface area contributed by atoms with Gasteiger partial charge in [-0.1, -0.05) is 6.07 Å². The Labute approximate surface area is 155 Å². The zero-order chi connectivity index (χ0) is 18.7. The molecule has 26 heavy (non-hydrogen) atoms. The second kappa shape index (κ2) is 7.94. The van der Waals surface area contributed by atoms with E-state index in [0.29, 0.717) is 23.6 Å². The van der Waals surface area contributed by atoms with Crippen LogP contribution in [0.1, 0.15) is 36.8 Å². The van der Waals surface area contributed by atoms with Crippen molar-refractivity contribution < 1.29 is 12.8 Å². The Morgan fingerprint density at radius 2 is 1.85 bits per heavy atom. The van der Waals surface area contributed by atoms with Crippen LogP contribution in [0.15, 0.2) is 23.2 Å².